The average Bonchev–Trinajstić information content (AvgIpc) is 2.48. The van der Waals surface area contributed by atoms with E-state index in [1.807, 2.05) is 60.7 Å². The molecule has 2 aromatic carbocycles. The molecule has 0 aliphatic heterocycles. The summed E-state index contributed by atoms with van der Waals surface area (Å²) in [6.45, 7) is 0. The first-order valence-corrected chi connectivity index (χ1v) is 9.38. The highest BCUT2D eigenvalue weighted by atomic mass is 31.2. The van der Waals surface area contributed by atoms with Crippen molar-refractivity contribution in [3.05, 3.63) is 71.8 Å². The molecule has 22 heavy (non-hydrogen) atoms. The van der Waals surface area contributed by atoms with E-state index < -0.39 is 19.2 Å². The first-order chi connectivity index (χ1) is 10.5. The predicted molar refractivity (Wildman–Crippen MR) is 88.4 cm³/mol. The standard InChI is InChI=1S/C17H20NO3P/c18-16(17(19)20)13-22(21,11-14-7-3-1-4-8-14)12-15-9-5-2-6-10-15/h1-10,16H,11-13,18H2,(H,19,20). The van der Waals surface area contributed by atoms with E-state index in [4.69, 9.17) is 10.8 Å². The fourth-order valence-corrected chi connectivity index (χ4v) is 5.45. The van der Waals surface area contributed by atoms with Gasteiger partial charge in [0, 0.05) is 18.5 Å². The van der Waals surface area contributed by atoms with Crippen LogP contribution in [0.5, 0.6) is 0 Å². The largest absolute Gasteiger partial charge is 0.480 e. The van der Waals surface area contributed by atoms with Crippen LogP contribution >= 0.6 is 7.14 Å². The van der Waals surface area contributed by atoms with Crippen LogP contribution in [0.3, 0.4) is 0 Å². The maximum absolute atomic E-state index is 13.3. The molecule has 3 N–H and O–H groups in total. The Balaban J connectivity index is 2.23. The Hall–Kier alpha value is -1.90. The van der Waals surface area contributed by atoms with Crippen molar-refractivity contribution in [1.29, 1.82) is 0 Å². The molecule has 0 saturated heterocycles. The van der Waals surface area contributed by atoms with Crippen LogP contribution < -0.4 is 5.73 Å². The summed E-state index contributed by atoms with van der Waals surface area (Å²) < 4.78 is 13.3. The molecule has 5 heteroatoms. The van der Waals surface area contributed by atoms with Gasteiger partial charge >= 0.3 is 5.97 Å². The lowest BCUT2D eigenvalue weighted by Gasteiger charge is -2.20. The van der Waals surface area contributed by atoms with Crippen LogP contribution in [-0.4, -0.2) is 23.3 Å². The molecule has 0 fully saturated rings. The number of hydrogen-bond acceptors (Lipinski definition) is 3. The minimum absolute atomic E-state index is 0.00607. The Morgan fingerprint density at radius 3 is 1.73 bits per heavy atom. The van der Waals surface area contributed by atoms with Crippen molar-refractivity contribution in [3.8, 4) is 0 Å². The molecular weight excluding hydrogens is 297 g/mol. The quantitative estimate of drug-likeness (QED) is 0.769. The first kappa shape index (κ1) is 16.5. The molecule has 0 radical (unpaired) electrons. The fourth-order valence-electron chi connectivity index (χ4n) is 2.45. The maximum Gasteiger partial charge on any atom is 0.320 e. The Morgan fingerprint density at radius 1 is 0.955 bits per heavy atom. The number of carboxylic acids is 1. The van der Waals surface area contributed by atoms with E-state index in [0.717, 1.165) is 11.1 Å². The molecule has 1 unspecified atom stereocenters. The molecule has 0 saturated carbocycles. The van der Waals surface area contributed by atoms with Gasteiger partial charge in [-0.1, -0.05) is 60.7 Å². The van der Waals surface area contributed by atoms with Crippen LogP contribution in [0, 0.1) is 0 Å². The molecule has 0 bridgehead atoms. The summed E-state index contributed by atoms with van der Waals surface area (Å²) >= 11 is 0. The van der Waals surface area contributed by atoms with E-state index in [2.05, 4.69) is 0 Å². The maximum atomic E-state index is 13.3. The fraction of sp³-hybridized carbons (Fsp3) is 0.235. The molecule has 0 amide bonds. The van der Waals surface area contributed by atoms with Crippen molar-refractivity contribution in [2.24, 2.45) is 5.73 Å². The zero-order valence-corrected chi connectivity index (χ0v) is 13.2. The number of aliphatic carboxylic acids is 1. The monoisotopic (exact) mass is 317 g/mol. The molecule has 1 atom stereocenters. The van der Waals surface area contributed by atoms with E-state index in [1.165, 1.54) is 0 Å². The lowest BCUT2D eigenvalue weighted by molar-refractivity contribution is -0.137. The molecule has 2 aromatic rings. The normalized spacial score (nSPS) is 12.8. The lowest BCUT2D eigenvalue weighted by atomic mass is 10.2. The third-order valence-electron chi connectivity index (χ3n) is 3.47. The Labute approximate surface area is 130 Å². The van der Waals surface area contributed by atoms with Crippen LogP contribution in [0.4, 0.5) is 0 Å². The van der Waals surface area contributed by atoms with Gasteiger partial charge in [0.1, 0.15) is 6.04 Å². The highest BCUT2D eigenvalue weighted by Gasteiger charge is 2.29. The van der Waals surface area contributed by atoms with E-state index in [9.17, 15) is 9.36 Å². The highest BCUT2D eigenvalue weighted by Crippen LogP contribution is 2.52. The third kappa shape index (κ3) is 4.83. The van der Waals surface area contributed by atoms with Gasteiger partial charge in [0.05, 0.1) is 7.14 Å². The minimum Gasteiger partial charge on any atom is -0.480 e. The van der Waals surface area contributed by atoms with Crippen molar-refractivity contribution in [3.63, 3.8) is 0 Å². The number of nitrogens with two attached hydrogens (primary N) is 1. The van der Waals surface area contributed by atoms with Crippen molar-refractivity contribution < 1.29 is 14.5 Å². The Bertz CT molecular complexity index is 613. The molecular formula is C17H20NO3P. The third-order valence-corrected chi connectivity index (χ3v) is 6.42. The van der Waals surface area contributed by atoms with Crippen LogP contribution in [0.25, 0.3) is 0 Å². The van der Waals surface area contributed by atoms with Gasteiger partial charge in [-0.3, -0.25) is 4.79 Å². The smallest absolute Gasteiger partial charge is 0.320 e. The summed E-state index contributed by atoms with van der Waals surface area (Å²) in [6, 6.07) is 17.9. The van der Waals surface area contributed by atoms with Gasteiger partial charge in [-0.2, -0.15) is 0 Å². The zero-order valence-electron chi connectivity index (χ0n) is 12.3. The summed E-state index contributed by atoms with van der Waals surface area (Å²) in [7, 11) is -2.78. The van der Waals surface area contributed by atoms with Crippen LogP contribution in [-0.2, 0) is 21.7 Å². The predicted octanol–water partition coefficient (Wildman–Crippen LogP) is 3.16. The van der Waals surface area contributed by atoms with E-state index >= 15 is 0 Å². The minimum atomic E-state index is -2.78. The van der Waals surface area contributed by atoms with Gasteiger partial charge in [0.25, 0.3) is 0 Å². The van der Waals surface area contributed by atoms with E-state index in [1.54, 1.807) is 0 Å². The molecule has 0 aromatic heterocycles. The topological polar surface area (TPSA) is 80.4 Å². The van der Waals surface area contributed by atoms with Crippen molar-refractivity contribution in [2.75, 3.05) is 6.16 Å². The van der Waals surface area contributed by atoms with Gasteiger partial charge in [0.15, 0.2) is 0 Å². The van der Waals surface area contributed by atoms with Gasteiger partial charge in [0.2, 0.25) is 0 Å². The SMILES string of the molecule is NC(CP(=O)(Cc1ccccc1)Cc1ccccc1)C(=O)O. The molecule has 0 heterocycles. The lowest BCUT2D eigenvalue weighted by Crippen LogP contribution is -2.34. The Kier molecular flexibility index (Phi) is 5.53. The van der Waals surface area contributed by atoms with Gasteiger partial charge in [-0.25, -0.2) is 0 Å². The van der Waals surface area contributed by atoms with Crippen LogP contribution in [0.1, 0.15) is 11.1 Å². The van der Waals surface area contributed by atoms with E-state index in [0.29, 0.717) is 12.3 Å². The summed E-state index contributed by atoms with van der Waals surface area (Å²) in [5.41, 5.74) is 7.53. The zero-order chi connectivity index (χ0) is 16.0. The molecule has 116 valence electrons. The summed E-state index contributed by atoms with van der Waals surface area (Å²) in [5, 5.41) is 9.03. The summed E-state index contributed by atoms with van der Waals surface area (Å²) in [6.07, 6.45) is 0.736. The van der Waals surface area contributed by atoms with Crippen molar-refractivity contribution in [1.82, 2.24) is 0 Å². The second-order valence-corrected chi connectivity index (χ2v) is 8.59. The molecule has 0 aliphatic carbocycles. The highest BCUT2D eigenvalue weighted by molar-refractivity contribution is 7.62. The molecule has 2 rings (SSSR count). The second-order valence-electron chi connectivity index (χ2n) is 5.47. The molecule has 4 nitrogen and oxygen atoms in total. The summed E-state index contributed by atoms with van der Waals surface area (Å²) in [5.74, 6) is -1.11. The van der Waals surface area contributed by atoms with Gasteiger partial charge in [-0.05, 0) is 11.1 Å². The van der Waals surface area contributed by atoms with Crippen molar-refractivity contribution in [2.45, 2.75) is 18.4 Å². The number of rotatable bonds is 7. The Morgan fingerprint density at radius 2 is 1.36 bits per heavy atom. The van der Waals surface area contributed by atoms with Gasteiger partial charge in [-0.15, -0.1) is 0 Å². The molecule has 0 spiro atoms. The number of hydrogen-bond donors (Lipinski definition) is 2. The van der Waals surface area contributed by atoms with Gasteiger partial charge < -0.3 is 15.4 Å². The number of carboxylic acid groups (broad SMARTS) is 1. The summed E-state index contributed by atoms with van der Waals surface area (Å²) in [4.78, 5) is 11.0. The second kappa shape index (κ2) is 7.39. The number of carbonyl (C=O) groups is 1. The average molecular weight is 317 g/mol. The first-order valence-electron chi connectivity index (χ1n) is 7.12. The number of benzene rings is 2. The van der Waals surface area contributed by atoms with E-state index in [-0.39, 0.29) is 6.16 Å². The van der Waals surface area contributed by atoms with Crippen LogP contribution in [0.2, 0.25) is 0 Å². The van der Waals surface area contributed by atoms with Crippen LogP contribution in [0.15, 0.2) is 60.7 Å². The molecule has 0 aliphatic rings. The van der Waals surface area contributed by atoms with Crippen molar-refractivity contribution >= 4 is 13.1 Å².